The highest BCUT2D eigenvalue weighted by molar-refractivity contribution is 5.21. The van der Waals surface area contributed by atoms with Crippen molar-refractivity contribution in [2.24, 2.45) is 5.73 Å². The lowest BCUT2D eigenvalue weighted by molar-refractivity contribution is 0.489. The number of benzene rings is 1. The molecule has 17 heavy (non-hydrogen) atoms. The van der Waals surface area contributed by atoms with Crippen LogP contribution in [0.25, 0.3) is 0 Å². The minimum absolute atomic E-state index is 0.293. The fraction of sp³-hybridized carbons (Fsp3) is 0.250. The molecule has 0 aliphatic heterocycles. The minimum Gasteiger partial charge on any atom is -0.322 e. The van der Waals surface area contributed by atoms with Gasteiger partial charge in [-0.05, 0) is 19.1 Å². The fourth-order valence-corrected chi connectivity index (χ4v) is 1.68. The lowest BCUT2D eigenvalue weighted by Crippen LogP contribution is -2.20. The molecule has 5 heteroatoms. The van der Waals surface area contributed by atoms with E-state index in [9.17, 15) is 8.78 Å². The highest BCUT2D eigenvalue weighted by Crippen LogP contribution is 2.18. The van der Waals surface area contributed by atoms with Crippen molar-refractivity contribution in [2.75, 3.05) is 0 Å². The van der Waals surface area contributed by atoms with E-state index in [1.54, 1.807) is 10.9 Å². The van der Waals surface area contributed by atoms with Crippen LogP contribution in [0.2, 0.25) is 0 Å². The molecule has 0 aliphatic carbocycles. The Morgan fingerprint density at radius 1 is 1.35 bits per heavy atom. The summed E-state index contributed by atoms with van der Waals surface area (Å²) in [4.78, 5) is 0. The van der Waals surface area contributed by atoms with E-state index < -0.39 is 17.7 Å². The van der Waals surface area contributed by atoms with Crippen molar-refractivity contribution in [3.63, 3.8) is 0 Å². The molecule has 0 aliphatic rings. The van der Waals surface area contributed by atoms with Crippen LogP contribution in [0, 0.1) is 18.6 Å². The van der Waals surface area contributed by atoms with Gasteiger partial charge in [0.1, 0.15) is 11.6 Å². The van der Waals surface area contributed by atoms with Crippen LogP contribution in [0.4, 0.5) is 8.78 Å². The molecular weight excluding hydrogens is 224 g/mol. The summed E-state index contributed by atoms with van der Waals surface area (Å²) in [5, 5.41) is 4.07. The molecule has 3 nitrogen and oxygen atoms in total. The summed E-state index contributed by atoms with van der Waals surface area (Å²) in [7, 11) is 0. The molecule has 0 fully saturated rings. The average Bonchev–Trinajstić information content (AvgIpc) is 2.64. The van der Waals surface area contributed by atoms with Gasteiger partial charge in [-0.3, -0.25) is 4.68 Å². The topological polar surface area (TPSA) is 43.8 Å². The van der Waals surface area contributed by atoms with E-state index in [1.807, 2.05) is 13.0 Å². The Morgan fingerprint density at radius 2 is 2.12 bits per heavy atom. The molecule has 0 amide bonds. The molecular formula is C12H13F2N3. The zero-order chi connectivity index (χ0) is 12.4. The lowest BCUT2D eigenvalue weighted by atomic mass is 10.1. The quantitative estimate of drug-likeness (QED) is 0.889. The molecule has 0 radical (unpaired) electrons. The highest BCUT2D eigenvalue weighted by Gasteiger charge is 2.13. The smallest absolute Gasteiger partial charge is 0.130 e. The zero-order valence-corrected chi connectivity index (χ0v) is 9.40. The van der Waals surface area contributed by atoms with E-state index in [2.05, 4.69) is 5.10 Å². The number of halogens is 2. The van der Waals surface area contributed by atoms with Gasteiger partial charge in [0.05, 0.1) is 12.6 Å². The molecule has 1 aromatic heterocycles. The molecule has 1 heterocycles. The van der Waals surface area contributed by atoms with Crippen LogP contribution in [0.15, 0.2) is 30.5 Å². The second kappa shape index (κ2) is 4.63. The number of nitrogens with zero attached hydrogens (tertiary/aromatic N) is 2. The molecule has 1 atom stereocenters. The fourth-order valence-electron chi connectivity index (χ4n) is 1.68. The summed E-state index contributed by atoms with van der Waals surface area (Å²) >= 11 is 0. The van der Waals surface area contributed by atoms with Gasteiger partial charge in [-0.2, -0.15) is 5.10 Å². The molecule has 0 spiro atoms. The molecule has 2 aromatic rings. The predicted octanol–water partition coefficient (Wildman–Crippen LogP) is 2.17. The Bertz CT molecular complexity index is 522. The van der Waals surface area contributed by atoms with Gasteiger partial charge >= 0.3 is 0 Å². The largest absolute Gasteiger partial charge is 0.322 e. The first-order valence-electron chi connectivity index (χ1n) is 5.27. The van der Waals surface area contributed by atoms with E-state index in [1.165, 1.54) is 12.1 Å². The van der Waals surface area contributed by atoms with Crippen molar-refractivity contribution in [2.45, 2.75) is 19.5 Å². The van der Waals surface area contributed by atoms with Crippen LogP contribution >= 0.6 is 0 Å². The van der Waals surface area contributed by atoms with Gasteiger partial charge in [-0.1, -0.05) is 6.07 Å². The number of aromatic nitrogens is 2. The summed E-state index contributed by atoms with van der Waals surface area (Å²) in [6, 6.07) is 4.70. The number of hydrogen-bond acceptors (Lipinski definition) is 2. The first-order valence-corrected chi connectivity index (χ1v) is 5.27. The number of aryl methyl sites for hydroxylation is 1. The van der Waals surface area contributed by atoms with Crippen LogP contribution < -0.4 is 5.73 Å². The van der Waals surface area contributed by atoms with Crippen LogP contribution in [0.5, 0.6) is 0 Å². The summed E-state index contributed by atoms with van der Waals surface area (Å²) in [5.41, 5.74) is 7.12. The molecule has 2 rings (SSSR count). The minimum atomic E-state index is -0.623. The van der Waals surface area contributed by atoms with Gasteiger partial charge < -0.3 is 5.73 Å². The maximum Gasteiger partial charge on any atom is 0.130 e. The third-order valence-electron chi connectivity index (χ3n) is 2.66. The Morgan fingerprint density at radius 3 is 2.71 bits per heavy atom. The van der Waals surface area contributed by atoms with E-state index in [4.69, 9.17) is 5.73 Å². The Hall–Kier alpha value is -1.75. The monoisotopic (exact) mass is 237 g/mol. The second-order valence-corrected chi connectivity index (χ2v) is 3.93. The van der Waals surface area contributed by atoms with Crippen molar-refractivity contribution in [3.05, 3.63) is 53.4 Å². The zero-order valence-electron chi connectivity index (χ0n) is 9.40. The predicted molar refractivity (Wildman–Crippen MR) is 60.3 cm³/mol. The van der Waals surface area contributed by atoms with Crippen molar-refractivity contribution in [3.8, 4) is 0 Å². The van der Waals surface area contributed by atoms with Crippen LogP contribution in [-0.2, 0) is 6.54 Å². The maximum absolute atomic E-state index is 13.5. The number of hydrogen-bond donors (Lipinski definition) is 1. The Kier molecular flexibility index (Phi) is 3.19. The molecule has 1 aromatic carbocycles. The van der Waals surface area contributed by atoms with E-state index in [0.717, 1.165) is 11.8 Å². The Balaban J connectivity index is 2.20. The molecule has 0 saturated carbocycles. The number of rotatable bonds is 3. The van der Waals surface area contributed by atoms with Crippen LogP contribution in [0.1, 0.15) is 17.3 Å². The molecule has 2 N–H and O–H groups in total. The van der Waals surface area contributed by atoms with Crippen LogP contribution in [0.3, 0.4) is 0 Å². The molecule has 90 valence electrons. The number of nitrogens with two attached hydrogens (primary N) is 1. The van der Waals surface area contributed by atoms with Crippen molar-refractivity contribution in [1.82, 2.24) is 9.78 Å². The van der Waals surface area contributed by atoms with E-state index in [-0.39, 0.29) is 0 Å². The van der Waals surface area contributed by atoms with Crippen molar-refractivity contribution in [1.29, 1.82) is 0 Å². The van der Waals surface area contributed by atoms with Gasteiger partial charge in [0.25, 0.3) is 0 Å². The second-order valence-electron chi connectivity index (χ2n) is 3.93. The first kappa shape index (κ1) is 11.7. The van der Waals surface area contributed by atoms with Crippen molar-refractivity contribution < 1.29 is 8.78 Å². The first-order chi connectivity index (χ1) is 8.08. The van der Waals surface area contributed by atoms with E-state index >= 15 is 0 Å². The van der Waals surface area contributed by atoms with Gasteiger partial charge in [0, 0.05) is 23.5 Å². The van der Waals surface area contributed by atoms with Gasteiger partial charge in [-0.25, -0.2) is 8.78 Å². The molecule has 0 saturated heterocycles. The summed E-state index contributed by atoms with van der Waals surface area (Å²) in [6.07, 6.45) is 1.66. The highest BCUT2D eigenvalue weighted by atomic mass is 19.1. The van der Waals surface area contributed by atoms with E-state index in [0.29, 0.717) is 12.1 Å². The molecule has 1 unspecified atom stereocenters. The van der Waals surface area contributed by atoms with Crippen LogP contribution in [-0.4, -0.2) is 9.78 Å². The molecule has 0 bridgehead atoms. The van der Waals surface area contributed by atoms with Gasteiger partial charge in [-0.15, -0.1) is 0 Å². The third-order valence-corrected chi connectivity index (χ3v) is 2.66. The normalized spacial score (nSPS) is 12.7. The maximum atomic E-state index is 13.5. The SMILES string of the molecule is Cc1ccnn1CC(N)c1ccc(F)cc1F. The lowest BCUT2D eigenvalue weighted by Gasteiger charge is -2.14. The summed E-state index contributed by atoms with van der Waals surface area (Å²) < 4.78 is 27.9. The average molecular weight is 237 g/mol. The summed E-state index contributed by atoms with van der Waals surface area (Å²) in [6.45, 7) is 2.25. The van der Waals surface area contributed by atoms with Gasteiger partial charge in [0.2, 0.25) is 0 Å². The van der Waals surface area contributed by atoms with Gasteiger partial charge in [0.15, 0.2) is 0 Å². The van der Waals surface area contributed by atoms with Crippen molar-refractivity contribution >= 4 is 0 Å². The Labute approximate surface area is 97.9 Å². The third kappa shape index (κ3) is 2.50. The summed E-state index contributed by atoms with van der Waals surface area (Å²) in [5.74, 6) is -1.23. The standard InChI is InChI=1S/C12H13F2N3/c1-8-4-5-16-17(8)7-12(15)10-3-2-9(13)6-11(10)14/h2-6,12H,7,15H2,1H3.